The fourth-order valence-electron chi connectivity index (χ4n) is 2.11. The number of hydrazine groups is 1. The van der Waals surface area contributed by atoms with E-state index in [1.54, 1.807) is 7.05 Å². The number of nitrogens with zero attached hydrogens (tertiary/aromatic N) is 4. The number of nitrogens with one attached hydrogen (secondary N) is 1. The SMILES string of the molecule is Cn1nnc(CC(NN)C2CC2(C)C)n1. The van der Waals surface area contributed by atoms with Crippen molar-refractivity contribution in [1.29, 1.82) is 0 Å². The van der Waals surface area contributed by atoms with Gasteiger partial charge in [0, 0.05) is 12.5 Å². The topological polar surface area (TPSA) is 81.7 Å². The van der Waals surface area contributed by atoms with Crippen molar-refractivity contribution in [1.82, 2.24) is 25.6 Å². The lowest BCUT2D eigenvalue weighted by molar-refractivity contribution is 0.403. The first-order valence-corrected chi connectivity index (χ1v) is 5.22. The number of rotatable bonds is 4. The summed E-state index contributed by atoms with van der Waals surface area (Å²) in [4.78, 5) is 1.47. The van der Waals surface area contributed by atoms with Crippen LogP contribution in [0.25, 0.3) is 0 Å². The molecule has 0 bridgehead atoms. The Balaban J connectivity index is 1.98. The van der Waals surface area contributed by atoms with Gasteiger partial charge in [0.2, 0.25) is 0 Å². The second kappa shape index (κ2) is 3.53. The molecule has 84 valence electrons. The van der Waals surface area contributed by atoms with Gasteiger partial charge in [-0.1, -0.05) is 13.8 Å². The van der Waals surface area contributed by atoms with Crippen LogP contribution in [0, 0.1) is 11.3 Å². The van der Waals surface area contributed by atoms with Gasteiger partial charge in [-0.15, -0.1) is 10.2 Å². The van der Waals surface area contributed by atoms with Gasteiger partial charge in [0.25, 0.3) is 0 Å². The highest BCUT2D eigenvalue weighted by molar-refractivity contribution is 5.03. The van der Waals surface area contributed by atoms with Crippen molar-refractivity contribution in [2.75, 3.05) is 0 Å². The third-order valence-electron chi connectivity index (χ3n) is 3.24. The molecule has 1 aromatic heterocycles. The number of tetrazole rings is 1. The summed E-state index contributed by atoms with van der Waals surface area (Å²) in [6.07, 6.45) is 1.96. The van der Waals surface area contributed by atoms with E-state index in [2.05, 4.69) is 34.7 Å². The first kappa shape index (κ1) is 10.5. The first-order valence-electron chi connectivity index (χ1n) is 5.22. The summed E-state index contributed by atoms with van der Waals surface area (Å²) in [6.45, 7) is 4.51. The molecule has 2 unspecified atom stereocenters. The summed E-state index contributed by atoms with van der Waals surface area (Å²) in [5.74, 6) is 6.93. The molecule has 0 radical (unpaired) electrons. The molecule has 2 atom stereocenters. The number of hydrogen-bond donors (Lipinski definition) is 2. The number of nitrogens with two attached hydrogens (primary N) is 1. The summed E-state index contributed by atoms with van der Waals surface area (Å²) < 4.78 is 0. The standard InChI is InChI=1S/C9H18N6/c1-9(2)5-6(9)7(11-10)4-8-12-14-15(3)13-8/h6-7,11H,4-5,10H2,1-3H3. The minimum atomic E-state index is 0.254. The fourth-order valence-corrected chi connectivity index (χ4v) is 2.11. The van der Waals surface area contributed by atoms with Crippen LogP contribution in [0.15, 0.2) is 0 Å². The summed E-state index contributed by atoms with van der Waals surface area (Å²) in [5, 5.41) is 11.9. The Bertz CT molecular complexity index is 344. The Hall–Kier alpha value is -1.01. The lowest BCUT2D eigenvalue weighted by Gasteiger charge is -2.15. The summed E-state index contributed by atoms with van der Waals surface area (Å²) in [7, 11) is 1.77. The van der Waals surface area contributed by atoms with Crippen molar-refractivity contribution in [3.05, 3.63) is 5.82 Å². The van der Waals surface area contributed by atoms with E-state index in [0.29, 0.717) is 11.3 Å². The lowest BCUT2D eigenvalue weighted by Crippen LogP contribution is -2.39. The number of aryl methyl sites for hydroxylation is 1. The van der Waals surface area contributed by atoms with Gasteiger partial charge in [0.1, 0.15) is 0 Å². The molecule has 0 amide bonds. The Morgan fingerprint density at radius 2 is 2.33 bits per heavy atom. The van der Waals surface area contributed by atoms with E-state index in [9.17, 15) is 0 Å². The van der Waals surface area contributed by atoms with Crippen LogP contribution in [-0.2, 0) is 13.5 Å². The molecule has 6 heteroatoms. The Labute approximate surface area is 89.2 Å². The molecule has 15 heavy (non-hydrogen) atoms. The van der Waals surface area contributed by atoms with Crippen LogP contribution in [-0.4, -0.2) is 26.2 Å². The van der Waals surface area contributed by atoms with Crippen LogP contribution in [0.3, 0.4) is 0 Å². The summed E-state index contributed by atoms with van der Waals surface area (Å²) >= 11 is 0. The third-order valence-corrected chi connectivity index (χ3v) is 3.24. The van der Waals surface area contributed by atoms with Gasteiger partial charge in [-0.25, -0.2) is 0 Å². The molecule has 6 nitrogen and oxygen atoms in total. The van der Waals surface area contributed by atoms with Gasteiger partial charge in [-0.2, -0.15) is 4.80 Å². The highest BCUT2D eigenvalue weighted by Gasteiger charge is 2.49. The largest absolute Gasteiger partial charge is 0.271 e. The molecule has 1 heterocycles. The maximum absolute atomic E-state index is 5.56. The molecule has 1 aromatic rings. The highest BCUT2D eigenvalue weighted by atomic mass is 15.6. The predicted molar refractivity (Wildman–Crippen MR) is 55.5 cm³/mol. The van der Waals surface area contributed by atoms with Crippen molar-refractivity contribution in [3.63, 3.8) is 0 Å². The van der Waals surface area contributed by atoms with Crippen LogP contribution in [0.4, 0.5) is 0 Å². The summed E-state index contributed by atoms with van der Waals surface area (Å²) in [6, 6.07) is 0.254. The zero-order valence-electron chi connectivity index (χ0n) is 9.44. The zero-order valence-corrected chi connectivity index (χ0v) is 9.44. The van der Waals surface area contributed by atoms with E-state index in [4.69, 9.17) is 5.84 Å². The molecular formula is C9H18N6. The second-order valence-electron chi connectivity index (χ2n) is 4.97. The second-order valence-corrected chi connectivity index (χ2v) is 4.97. The van der Waals surface area contributed by atoms with Gasteiger partial charge in [-0.05, 0) is 23.0 Å². The van der Waals surface area contributed by atoms with Crippen LogP contribution >= 0.6 is 0 Å². The van der Waals surface area contributed by atoms with E-state index >= 15 is 0 Å². The van der Waals surface area contributed by atoms with Gasteiger partial charge < -0.3 is 0 Å². The molecule has 1 fully saturated rings. The number of aromatic nitrogens is 4. The monoisotopic (exact) mass is 210 g/mol. The van der Waals surface area contributed by atoms with E-state index in [1.165, 1.54) is 11.2 Å². The van der Waals surface area contributed by atoms with E-state index in [1.807, 2.05) is 0 Å². The highest BCUT2D eigenvalue weighted by Crippen LogP contribution is 2.53. The van der Waals surface area contributed by atoms with Crippen LogP contribution in [0.1, 0.15) is 26.1 Å². The van der Waals surface area contributed by atoms with E-state index < -0.39 is 0 Å². The molecule has 1 aliphatic rings. The van der Waals surface area contributed by atoms with Crippen molar-refractivity contribution in [2.24, 2.45) is 24.2 Å². The van der Waals surface area contributed by atoms with Gasteiger partial charge in [0.05, 0.1) is 7.05 Å². The Morgan fingerprint density at radius 3 is 2.73 bits per heavy atom. The Kier molecular flexibility index (Phi) is 2.47. The molecule has 0 saturated heterocycles. The van der Waals surface area contributed by atoms with Crippen LogP contribution < -0.4 is 11.3 Å². The van der Waals surface area contributed by atoms with E-state index in [0.717, 1.165) is 12.2 Å². The lowest BCUT2D eigenvalue weighted by atomic mass is 10.0. The molecule has 0 spiro atoms. The van der Waals surface area contributed by atoms with E-state index in [-0.39, 0.29) is 6.04 Å². The minimum Gasteiger partial charge on any atom is -0.271 e. The molecule has 2 rings (SSSR count). The van der Waals surface area contributed by atoms with Crippen molar-refractivity contribution >= 4 is 0 Å². The van der Waals surface area contributed by atoms with Gasteiger partial charge in [0.15, 0.2) is 5.82 Å². The fraction of sp³-hybridized carbons (Fsp3) is 0.889. The Morgan fingerprint density at radius 1 is 1.67 bits per heavy atom. The van der Waals surface area contributed by atoms with Gasteiger partial charge in [-0.3, -0.25) is 11.3 Å². The average molecular weight is 210 g/mol. The van der Waals surface area contributed by atoms with Crippen molar-refractivity contribution in [2.45, 2.75) is 32.7 Å². The normalized spacial score (nSPS) is 25.2. The first-order chi connectivity index (χ1) is 7.03. The van der Waals surface area contributed by atoms with Crippen molar-refractivity contribution < 1.29 is 0 Å². The molecule has 1 aliphatic carbocycles. The zero-order chi connectivity index (χ0) is 11.1. The minimum absolute atomic E-state index is 0.254. The summed E-state index contributed by atoms with van der Waals surface area (Å²) in [5.41, 5.74) is 3.26. The smallest absolute Gasteiger partial charge is 0.176 e. The van der Waals surface area contributed by atoms with Gasteiger partial charge >= 0.3 is 0 Å². The predicted octanol–water partition coefficient (Wildman–Crippen LogP) is -0.369. The molecule has 3 N–H and O–H groups in total. The van der Waals surface area contributed by atoms with Crippen LogP contribution in [0.2, 0.25) is 0 Å². The van der Waals surface area contributed by atoms with Crippen LogP contribution in [0.5, 0.6) is 0 Å². The molecular weight excluding hydrogens is 192 g/mol. The van der Waals surface area contributed by atoms with Crippen molar-refractivity contribution in [3.8, 4) is 0 Å². The molecule has 0 aromatic carbocycles. The maximum atomic E-state index is 5.56. The maximum Gasteiger partial charge on any atom is 0.176 e. The average Bonchev–Trinajstić information content (AvgIpc) is 2.59. The quantitative estimate of drug-likeness (QED) is 0.523. The number of hydrogen-bond acceptors (Lipinski definition) is 5. The molecule has 1 saturated carbocycles. The molecule has 0 aliphatic heterocycles. The third kappa shape index (κ3) is 2.15.